The number of esters is 1. The predicted octanol–water partition coefficient (Wildman–Crippen LogP) is 4.93. The molecule has 0 N–H and O–H groups in total. The summed E-state index contributed by atoms with van der Waals surface area (Å²) in [6.07, 6.45) is 1.69. The van der Waals surface area contributed by atoms with Crippen LogP contribution in [-0.2, 0) is 11.2 Å². The number of Topliss-reactive ketones (excluding diaryl/α,β-unsaturated/α-hetero) is 1. The summed E-state index contributed by atoms with van der Waals surface area (Å²) < 4.78 is 29.9. The first-order chi connectivity index (χ1) is 14.4. The summed E-state index contributed by atoms with van der Waals surface area (Å²) >= 11 is 5.68. The molecule has 0 amide bonds. The molecule has 1 aliphatic heterocycles. The van der Waals surface area contributed by atoms with E-state index >= 15 is 0 Å². The van der Waals surface area contributed by atoms with E-state index in [1.54, 1.807) is 25.1 Å². The first-order valence-corrected chi connectivity index (χ1v) is 9.44. The van der Waals surface area contributed by atoms with Crippen molar-refractivity contribution in [2.75, 3.05) is 0 Å². The van der Waals surface area contributed by atoms with Crippen molar-refractivity contribution in [3.63, 3.8) is 0 Å². The Labute approximate surface area is 175 Å². The van der Waals surface area contributed by atoms with Crippen LogP contribution in [0.4, 0.5) is 4.39 Å². The maximum absolute atomic E-state index is 13.9. The molecule has 1 aromatic heterocycles. The number of ether oxygens (including phenoxy) is 2. The molecule has 0 unspecified atom stereocenters. The molecule has 0 fully saturated rings. The van der Waals surface area contributed by atoms with Crippen molar-refractivity contribution in [1.29, 1.82) is 0 Å². The van der Waals surface area contributed by atoms with Crippen LogP contribution in [0.3, 0.4) is 0 Å². The topological polar surface area (TPSA) is 78.6 Å². The minimum Gasteiger partial charge on any atom is -0.452 e. The minimum atomic E-state index is -0.489. The maximum Gasteiger partial charge on any atom is 0.311 e. The highest BCUT2D eigenvalue weighted by Gasteiger charge is 2.30. The number of benzene rings is 2. The van der Waals surface area contributed by atoms with Crippen LogP contribution in [0.1, 0.15) is 33.7 Å². The average Bonchev–Trinajstić information content (AvgIpc) is 3.28. The number of hydrogen-bond donors (Lipinski definition) is 0. The number of ketones is 1. The molecular weight excluding hydrogens is 413 g/mol. The zero-order valence-electron chi connectivity index (χ0n) is 15.8. The molecule has 0 saturated heterocycles. The summed E-state index contributed by atoms with van der Waals surface area (Å²) in [6.45, 7) is 1.68. The molecule has 2 aromatic carbocycles. The highest BCUT2D eigenvalue weighted by Crippen LogP contribution is 2.39. The lowest BCUT2D eigenvalue weighted by Crippen LogP contribution is -2.10. The van der Waals surface area contributed by atoms with E-state index < -0.39 is 11.8 Å². The Morgan fingerprint density at radius 2 is 2.07 bits per heavy atom. The van der Waals surface area contributed by atoms with Gasteiger partial charge in [-0.25, -0.2) is 4.39 Å². The van der Waals surface area contributed by atoms with Crippen LogP contribution >= 0.6 is 11.6 Å². The second-order valence-corrected chi connectivity index (χ2v) is 7.00. The normalized spacial score (nSPS) is 14.0. The van der Waals surface area contributed by atoms with Gasteiger partial charge in [0.2, 0.25) is 5.78 Å². The molecule has 8 heteroatoms. The largest absolute Gasteiger partial charge is 0.452 e. The number of fused-ring (bicyclic) bond motifs is 1. The second-order valence-electron chi connectivity index (χ2n) is 6.62. The van der Waals surface area contributed by atoms with Gasteiger partial charge in [-0.1, -0.05) is 35.0 Å². The Hall–Kier alpha value is -3.45. The SMILES string of the molecule is Cc1c(OC(=O)CCc2cc(Cl)no2)ccc2c1O/C(=C\c1ccccc1F)C2=O. The lowest BCUT2D eigenvalue weighted by atomic mass is 10.1. The molecule has 4 rings (SSSR count). The van der Waals surface area contributed by atoms with Gasteiger partial charge >= 0.3 is 5.97 Å². The summed E-state index contributed by atoms with van der Waals surface area (Å²) in [5.74, 6) is -0.280. The number of carbonyl (C=O) groups excluding carboxylic acids is 2. The molecule has 6 nitrogen and oxygen atoms in total. The number of aryl methyl sites for hydroxylation is 1. The monoisotopic (exact) mass is 427 g/mol. The van der Waals surface area contributed by atoms with Crippen LogP contribution < -0.4 is 9.47 Å². The zero-order valence-corrected chi connectivity index (χ0v) is 16.5. The first-order valence-electron chi connectivity index (χ1n) is 9.06. The van der Waals surface area contributed by atoms with E-state index in [1.807, 2.05) is 0 Å². The van der Waals surface area contributed by atoms with Crippen LogP contribution in [0.25, 0.3) is 6.08 Å². The number of rotatable bonds is 5. The number of aromatic nitrogens is 1. The van der Waals surface area contributed by atoms with E-state index in [0.29, 0.717) is 16.9 Å². The summed E-state index contributed by atoms with van der Waals surface area (Å²) in [4.78, 5) is 24.8. The van der Waals surface area contributed by atoms with E-state index in [9.17, 15) is 14.0 Å². The van der Waals surface area contributed by atoms with Crippen molar-refractivity contribution in [3.05, 3.63) is 81.6 Å². The third kappa shape index (κ3) is 3.97. The number of carbonyl (C=O) groups is 2. The van der Waals surface area contributed by atoms with Crippen molar-refractivity contribution in [2.45, 2.75) is 19.8 Å². The van der Waals surface area contributed by atoms with Gasteiger partial charge in [0.1, 0.15) is 23.1 Å². The van der Waals surface area contributed by atoms with Crippen molar-refractivity contribution in [2.24, 2.45) is 0 Å². The molecule has 0 atom stereocenters. The summed E-state index contributed by atoms with van der Waals surface area (Å²) in [5, 5.41) is 3.76. The van der Waals surface area contributed by atoms with Gasteiger partial charge in [-0.05, 0) is 31.2 Å². The number of hydrogen-bond acceptors (Lipinski definition) is 6. The average molecular weight is 428 g/mol. The Balaban J connectivity index is 1.50. The van der Waals surface area contributed by atoms with Gasteiger partial charge in [-0.3, -0.25) is 9.59 Å². The smallest absolute Gasteiger partial charge is 0.311 e. The van der Waals surface area contributed by atoms with E-state index in [4.69, 9.17) is 25.6 Å². The Morgan fingerprint density at radius 3 is 2.80 bits per heavy atom. The van der Waals surface area contributed by atoms with E-state index in [1.165, 1.54) is 30.3 Å². The standard InChI is InChI=1S/C22H15ClFNO5/c1-12-17(28-20(26)9-6-14-11-19(23)25-30-14)8-7-15-21(27)18(29-22(12)15)10-13-4-2-3-5-16(13)24/h2-5,7-8,10-11H,6,9H2,1H3/b18-10-. The molecule has 30 heavy (non-hydrogen) atoms. The van der Waals surface area contributed by atoms with E-state index in [0.717, 1.165) is 0 Å². The Morgan fingerprint density at radius 1 is 1.27 bits per heavy atom. The first kappa shape index (κ1) is 19.8. The number of nitrogens with zero attached hydrogens (tertiary/aromatic N) is 1. The molecule has 0 radical (unpaired) electrons. The van der Waals surface area contributed by atoms with Crippen LogP contribution in [0.15, 0.2) is 52.7 Å². The number of halogens is 2. The second kappa shape index (κ2) is 8.12. The molecule has 0 bridgehead atoms. The molecule has 3 aromatic rings. The summed E-state index contributed by atoms with van der Waals surface area (Å²) in [5.41, 5.74) is 1.06. The van der Waals surface area contributed by atoms with Crippen molar-refractivity contribution in [3.8, 4) is 11.5 Å². The quantitative estimate of drug-likeness (QED) is 0.326. The summed E-state index contributed by atoms with van der Waals surface area (Å²) in [6, 6.07) is 10.6. The lowest BCUT2D eigenvalue weighted by Gasteiger charge is -2.09. The number of allylic oxidation sites excluding steroid dienone is 1. The summed E-state index contributed by atoms with van der Waals surface area (Å²) in [7, 11) is 0. The predicted molar refractivity (Wildman–Crippen MR) is 106 cm³/mol. The van der Waals surface area contributed by atoms with Crippen molar-refractivity contribution >= 4 is 29.4 Å². The fourth-order valence-electron chi connectivity index (χ4n) is 3.02. The third-order valence-electron chi connectivity index (χ3n) is 4.56. The van der Waals surface area contributed by atoms with Crippen LogP contribution in [0.2, 0.25) is 5.15 Å². The lowest BCUT2D eigenvalue weighted by molar-refractivity contribution is -0.134. The van der Waals surface area contributed by atoms with Crippen LogP contribution in [0, 0.1) is 12.7 Å². The Kier molecular flexibility index (Phi) is 5.37. The van der Waals surface area contributed by atoms with Gasteiger partial charge < -0.3 is 14.0 Å². The van der Waals surface area contributed by atoms with E-state index in [-0.39, 0.29) is 46.6 Å². The highest BCUT2D eigenvalue weighted by molar-refractivity contribution is 6.29. The third-order valence-corrected chi connectivity index (χ3v) is 4.74. The zero-order chi connectivity index (χ0) is 21.3. The van der Waals surface area contributed by atoms with E-state index in [2.05, 4.69) is 5.16 Å². The van der Waals surface area contributed by atoms with Gasteiger partial charge in [-0.2, -0.15) is 0 Å². The molecule has 1 aliphatic rings. The van der Waals surface area contributed by atoms with Crippen LogP contribution in [-0.4, -0.2) is 16.9 Å². The highest BCUT2D eigenvalue weighted by atomic mass is 35.5. The van der Waals surface area contributed by atoms with Gasteiger partial charge in [-0.15, -0.1) is 0 Å². The van der Waals surface area contributed by atoms with Crippen molar-refractivity contribution < 1.29 is 28.0 Å². The van der Waals surface area contributed by atoms with Crippen molar-refractivity contribution in [1.82, 2.24) is 5.16 Å². The molecular formula is C22H15ClFNO5. The fourth-order valence-corrected chi connectivity index (χ4v) is 3.17. The molecule has 152 valence electrons. The van der Waals surface area contributed by atoms with Gasteiger partial charge in [0.25, 0.3) is 0 Å². The maximum atomic E-state index is 13.9. The minimum absolute atomic E-state index is 0.00359. The molecule has 2 heterocycles. The van der Waals surface area contributed by atoms with Gasteiger partial charge in [0.15, 0.2) is 10.9 Å². The van der Waals surface area contributed by atoms with Gasteiger partial charge in [0, 0.05) is 23.6 Å². The Bertz CT molecular complexity index is 1180. The molecule has 0 aliphatic carbocycles. The van der Waals surface area contributed by atoms with Crippen LogP contribution in [0.5, 0.6) is 11.5 Å². The van der Waals surface area contributed by atoms with Gasteiger partial charge in [0.05, 0.1) is 12.0 Å². The molecule has 0 spiro atoms. The fraction of sp³-hybridized carbons (Fsp3) is 0.136. The molecule has 0 saturated carbocycles.